The second-order valence-corrected chi connectivity index (χ2v) is 8.72. The maximum atomic E-state index is 13.1. The lowest BCUT2D eigenvalue weighted by molar-refractivity contribution is -0.127. The van der Waals surface area contributed by atoms with E-state index in [1.165, 1.54) is 11.1 Å². The van der Waals surface area contributed by atoms with Crippen molar-refractivity contribution in [1.82, 2.24) is 0 Å². The molecule has 2 heteroatoms. The molecule has 2 nitrogen and oxygen atoms in total. The molecule has 128 valence electrons. The Morgan fingerprint density at radius 2 is 2.08 bits per heavy atom. The van der Waals surface area contributed by atoms with Crippen molar-refractivity contribution in [3.8, 4) is 5.75 Å². The zero-order chi connectivity index (χ0) is 17.1. The molecular weight excluding hydrogens is 296 g/mol. The predicted octanol–water partition coefficient (Wildman–Crippen LogP) is 5.01. The number of allylic oxidation sites excluding steroid dienone is 2. The summed E-state index contributed by atoms with van der Waals surface area (Å²) >= 11 is 0. The summed E-state index contributed by atoms with van der Waals surface area (Å²) in [5.74, 6) is 2.93. The van der Waals surface area contributed by atoms with Crippen LogP contribution in [0.2, 0.25) is 0 Å². The number of phenolic OH excluding ortho intramolecular Hbond substituents is 1. The molecule has 0 spiro atoms. The lowest BCUT2D eigenvalue weighted by Gasteiger charge is -2.48. The summed E-state index contributed by atoms with van der Waals surface area (Å²) in [6.07, 6.45) is 7.49. The number of benzene rings is 1. The number of carbonyl (C=O) groups excluding carboxylic acids is 1. The second-order valence-electron chi connectivity index (χ2n) is 8.72. The first kappa shape index (κ1) is 15.9. The van der Waals surface area contributed by atoms with E-state index in [0.717, 1.165) is 37.7 Å². The van der Waals surface area contributed by atoms with Gasteiger partial charge < -0.3 is 5.11 Å². The highest BCUT2D eigenvalue weighted by Crippen LogP contribution is 2.60. The number of Topliss-reactive ketones (excluding diaryl/α,β-unsaturated/α-hetero) is 1. The van der Waals surface area contributed by atoms with Crippen LogP contribution in [0.5, 0.6) is 5.75 Å². The third-order valence-electron chi connectivity index (χ3n) is 6.88. The van der Waals surface area contributed by atoms with Gasteiger partial charge in [0.1, 0.15) is 5.75 Å². The largest absolute Gasteiger partial charge is 0.508 e. The molecule has 3 aliphatic carbocycles. The van der Waals surface area contributed by atoms with Crippen molar-refractivity contribution >= 4 is 5.78 Å². The van der Waals surface area contributed by atoms with Crippen molar-refractivity contribution in [1.29, 1.82) is 0 Å². The first-order chi connectivity index (χ1) is 11.4. The molecular formula is C22H28O2. The van der Waals surface area contributed by atoms with Gasteiger partial charge in [-0.15, -0.1) is 0 Å². The Morgan fingerprint density at radius 1 is 1.29 bits per heavy atom. The minimum Gasteiger partial charge on any atom is -0.508 e. The molecule has 0 amide bonds. The minimum atomic E-state index is -0.143. The van der Waals surface area contributed by atoms with Gasteiger partial charge in [0.05, 0.1) is 0 Å². The zero-order valence-electron chi connectivity index (χ0n) is 15.0. The van der Waals surface area contributed by atoms with Gasteiger partial charge in [0.2, 0.25) is 0 Å². The number of aromatic hydroxyl groups is 1. The number of rotatable bonds is 1. The normalized spacial score (nSPS) is 36.6. The molecule has 4 rings (SSSR count). The summed E-state index contributed by atoms with van der Waals surface area (Å²) in [4.78, 5) is 13.1. The van der Waals surface area contributed by atoms with Crippen LogP contribution in [0.3, 0.4) is 0 Å². The minimum absolute atomic E-state index is 0.143. The maximum absolute atomic E-state index is 13.1. The molecule has 4 atom stereocenters. The summed E-state index contributed by atoms with van der Waals surface area (Å²) in [6.45, 7) is 6.55. The molecule has 24 heavy (non-hydrogen) atoms. The third kappa shape index (κ3) is 2.26. The number of phenols is 1. The van der Waals surface area contributed by atoms with E-state index in [9.17, 15) is 9.90 Å². The summed E-state index contributed by atoms with van der Waals surface area (Å²) in [5.41, 5.74) is 3.70. The smallest absolute Gasteiger partial charge is 0.164 e. The van der Waals surface area contributed by atoms with E-state index in [2.05, 4.69) is 32.9 Å². The van der Waals surface area contributed by atoms with Gasteiger partial charge >= 0.3 is 0 Å². The number of aryl methyl sites for hydroxylation is 1. The fourth-order valence-electron chi connectivity index (χ4n) is 5.79. The zero-order valence-corrected chi connectivity index (χ0v) is 15.0. The molecule has 0 aromatic heterocycles. The van der Waals surface area contributed by atoms with Crippen LogP contribution >= 0.6 is 0 Å². The van der Waals surface area contributed by atoms with Crippen LogP contribution < -0.4 is 0 Å². The average molecular weight is 324 g/mol. The average Bonchev–Trinajstić information content (AvgIpc) is 2.78. The highest BCUT2D eigenvalue weighted by molar-refractivity contribution is 6.02. The van der Waals surface area contributed by atoms with E-state index < -0.39 is 0 Å². The summed E-state index contributed by atoms with van der Waals surface area (Å²) in [7, 11) is 0. The van der Waals surface area contributed by atoms with E-state index in [4.69, 9.17) is 0 Å². The van der Waals surface area contributed by atoms with E-state index in [1.807, 2.05) is 12.1 Å². The highest BCUT2D eigenvalue weighted by atomic mass is 16.3. The van der Waals surface area contributed by atoms with Crippen LogP contribution in [0, 0.1) is 23.2 Å². The van der Waals surface area contributed by atoms with Gasteiger partial charge in [-0.25, -0.2) is 0 Å². The molecule has 1 N–H and O–H groups in total. The Kier molecular flexibility index (Phi) is 3.63. The van der Waals surface area contributed by atoms with Gasteiger partial charge in [-0.05, 0) is 84.6 Å². The molecule has 0 unspecified atom stereocenters. The predicted molar refractivity (Wildman–Crippen MR) is 96.0 cm³/mol. The molecule has 1 aromatic carbocycles. The molecule has 0 radical (unpaired) electrons. The van der Waals surface area contributed by atoms with Crippen LogP contribution in [0.1, 0.15) is 63.5 Å². The molecule has 0 saturated heterocycles. The highest BCUT2D eigenvalue weighted by Gasteiger charge is 2.56. The standard InChI is InChI=1S/C22H28O2/c1-13(2)10-15-12-20-19-6-4-14-11-16(23)5-7-17(14)18(19)8-9-22(20,3)21(15)24/h5,7,10-11,13,18-20,23H,4,6,8-9,12H2,1-3H3/b15-10+/t18-,19-,20+,22+/m1/s1. The van der Waals surface area contributed by atoms with Crippen molar-refractivity contribution in [2.75, 3.05) is 0 Å². The first-order valence-electron chi connectivity index (χ1n) is 9.47. The molecule has 0 bridgehead atoms. The van der Waals surface area contributed by atoms with Crippen LogP contribution in [-0.2, 0) is 11.2 Å². The lowest BCUT2D eigenvalue weighted by atomic mass is 9.55. The molecule has 2 saturated carbocycles. The van der Waals surface area contributed by atoms with Gasteiger partial charge in [-0.2, -0.15) is 0 Å². The Bertz CT molecular complexity index is 715. The van der Waals surface area contributed by atoms with E-state index in [0.29, 0.717) is 35.2 Å². The molecule has 3 aliphatic rings. The summed E-state index contributed by atoms with van der Waals surface area (Å²) in [5, 5.41) is 9.78. The molecule has 0 aliphatic heterocycles. The third-order valence-corrected chi connectivity index (χ3v) is 6.88. The molecule has 2 fully saturated rings. The second kappa shape index (κ2) is 5.47. The number of hydrogen-bond donors (Lipinski definition) is 1. The van der Waals surface area contributed by atoms with Crippen molar-refractivity contribution in [3.05, 3.63) is 41.0 Å². The monoisotopic (exact) mass is 324 g/mol. The number of ketones is 1. The van der Waals surface area contributed by atoms with Crippen molar-refractivity contribution in [3.63, 3.8) is 0 Å². The van der Waals surface area contributed by atoms with Gasteiger partial charge in [0.15, 0.2) is 5.78 Å². The van der Waals surface area contributed by atoms with Crippen LogP contribution in [0.15, 0.2) is 29.8 Å². The van der Waals surface area contributed by atoms with Crippen LogP contribution in [0.4, 0.5) is 0 Å². The number of fused-ring (bicyclic) bond motifs is 5. The van der Waals surface area contributed by atoms with Crippen molar-refractivity contribution in [2.24, 2.45) is 23.2 Å². The van der Waals surface area contributed by atoms with Gasteiger partial charge in [-0.3, -0.25) is 4.79 Å². The van der Waals surface area contributed by atoms with Crippen molar-refractivity contribution < 1.29 is 9.90 Å². The Labute approximate surface area is 145 Å². The maximum Gasteiger partial charge on any atom is 0.164 e. The fourth-order valence-corrected chi connectivity index (χ4v) is 5.79. The Hall–Kier alpha value is -1.57. The Morgan fingerprint density at radius 3 is 2.83 bits per heavy atom. The number of carbonyl (C=O) groups is 1. The molecule has 1 aromatic rings. The fraction of sp³-hybridized carbons (Fsp3) is 0.591. The van der Waals surface area contributed by atoms with Gasteiger partial charge in [0, 0.05) is 5.41 Å². The van der Waals surface area contributed by atoms with E-state index >= 15 is 0 Å². The van der Waals surface area contributed by atoms with Crippen LogP contribution in [-0.4, -0.2) is 10.9 Å². The number of hydrogen-bond acceptors (Lipinski definition) is 2. The van der Waals surface area contributed by atoms with Gasteiger partial charge in [0.25, 0.3) is 0 Å². The quantitative estimate of drug-likeness (QED) is 0.737. The molecule has 0 heterocycles. The van der Waals surface area contributed by atoms with E-state index in [-0.39, 0.29) is 5.41 Å². The SMILES string of the molecule is CC(C)/C=C1\C[C@H]2[C@@H]3CCc4cc(O)ccc4[C@H]3CC[C@]2(C)C1=O. The topological polar surface area (TPSA) is 37.3 Å². The van der Waals surface area contributed by atoms with Crippen molar-refractivity contribution in [2.45, 2.75) is 58.8 Å². The first-order valence-corrected chi connectivity index (χ1v) is 9.47. The van der Waals surface area contributed by atoms with Crippen LogP contribution in [0.25, 0.3) is 0 Å². The van der Waals surface area contributed by atoms with Gasteiger partial charge in [-0.1, -0.05) is 32.9 Å². The lowest BCUT2D eigenvalue weighted by Crippen LogP contribution is -2.42. The Balaban J connectivity index is 1.70. The van der Waals surface area contributed by atoms with E-state index in [1.54, 1.807) is 0 Å². The summed E-state index contributed by atoms with van der Waals surface area (Å²) in [6, 6.07) is 5.91. The summed E-state index contributed by atoms with van der Waals surface area (Å²) < 4.78 is 0.